The number of aliphatic hydroxyl groups is 1. The van der Waals surface area contributed by atoms with Gasteiger partial charge in [-0.2, -0.15) is 0 Å². The Balaban J connectivity index is 2.82. The number of aliphatic hydroxyl groups excluding tert-OH is 1. The lowest BCUT2D eigenvalue weighted by Crippen LogP contribution is -2.43. The van der Waals surface area contributed by atoms with Crippen LogP contribution in [0.15, 0.2) is 22.7 Å². The lowest BCUT2D eigenvalue weighted by Gasteiger charge is -2.12. The normalized spacial score (nSPS) is 11.9. The van der Waals surface area contributed by atoms with Gasteiger partial charge in [0.2, 0.25) is 0 Å². The molecule has 0 bridgehead atoms. The van der Waals surface area contributed by atoms with Crippen molar-refractivity contribution in [2.45, 2.75) is 13.0 Å². The Kier molecular flexibility index (Phi) is 4.65. The highest BCUT2D eigenvalue weighted by Crippen LogP contribution is 2.17. The number of carboxylic acid groups (broad SMARTS) is 1. The van der Waals surface area contributed by atoms with Crippen LogP contribution in [-0.4, -0.2) is 34.7 Å². The van der Waals surface area contributed by atoms with Crippen molar-refractivity contribution in [3.8, 4) is 0 Å². The highest BCUT2D eigenvalue weighted by atomic mass is 79.9. The molecule has 1 aromatic carbocycles. The topological polar surface area (TPSA) is 86.6 Å². The molecule has 1 rings (SSSR count). The summed E-state index contributed by atoms with van der Waals surface area (Å²) in [7, 11) is 0. The molecule has 17 heavy (non-hydrogen) atoms. The molecule has 0 spiro atoms. The summed E-state index contributed by atoms with van der Waals surface area (Å²) >= 11 is 3.30. The molecular formula is C11H12BrNO4. The van der Waals surface area contributed by atoms with Crippen LogP contribution in [0.25, 0.3) is 0 Å². The molecule has 0 saturated heterocycles. The van der Waals surface area contributed by atoms with E-state index >= 15 is 0 Å². The molecule has 0 aromatic heterocycles. The van der Waals surface area contributed by atoms with E-state index in [0.717, 1.165) is 10.0 Å². The van der Waals surface area contributed by atoms with Crippen molar-refractivity contribution < 1.29 is 19.8 Å². The largest absolute Gasteiger partial charge is 0.480 e. The van der Waals surface area contributed by atoms with E-state index in [4.69, 9.17) is 10.2 Å². The molecule has 1 atom stereocenters. The summed E-state index contributed by atoms with van der Waals surface area (Å²) < 4.78 is 0.867. The fraction of sp³-hybridized carbons (Fsp3) is 0.273. The Labute approximate surface area is 107 Å². The first-order chi connectivity index (χ1) is 7.95. The first-order valence-corrected chi connectivity index (χ1v) is 5.65. The number of amides is 1. The van der Waals surface area contributed by atoms with Crippen molar-refractivity contribution in [3.63, 3.8) is 0 Å². The van der Waals surface area contributed by atoms with Crippen LogP contribution in [0.5, 0.6) is 0 Å². The number of hydrogen-bond acceptors (Lipinski definition) is 3. The number of benzene rings is 1. The van der Waals surface area contributed by atoms with Crippen molar-refractivity contribution >= 4 is 27.8 Å². The van der Waals surface area contributed by atoms with Crippen molar-refractivity contribution in [2.24, 2.45) is 0 Å². The number of hydrogen-bond donors (Lipinski definition) is 3. The average Bonchev–Trinajstić information content (AvgIpc) is 2.28. The predicted octanol–water partition coefficient (Wildman–Crippen LogP) is 0.933. The predicted molar refractivity (Wildman–Crippen MR) is 64.9 cm³/mol. The molecule has 0 unspecified atom stereocenters. The molecule has 0 aliphatic rings. The maximum Gasteiger partial charge on any atom is 0.328 e. The molecule has 0 heterocycles. The summed E-state index contributed by atoms with van der Waals surface area (Å²) in [5, 5.41) is 19.7. The Hall–Kier alpha value is -1.40. The molecule has 0 aliphatic carbocycles. The van der Waals surface area contributed by atoms with Gasteiger partial charge < -0.3 is 15.5 Å². The zero-order chi connectivity index (χ0) is 13.0. The van der Waals surface area contributed by atoms with Crippen molar-refractivity contribution in [2.75, 3.05) is 6.61 Å². The number of rotatable bonds is 4. The third-order valence-electron chi connectivity index (χ3n) is 2.21. The van der Waals surface area contributed by atoms with Crippen LogP contribution in [0.3, 0.4) is 0 Å². The number of halogens is 1. The fourth-order valence-electron chi connectivity index (χ4n) is 1.21. The van der Waals surface area contributed by atoms with Gasteiger partial charge in [0.05, 0.1) is 6.61 Å². The summed E-state index contributed by atoms with van der Waals surface area (Å²) in [6.45, 7) is 1.18. The molecule has 1 amide bonds. The lowest BCUT2D eigenvalue weighted by molar-refractivity contribution is -0.140. The van der Waals surface area contributed by atoms with E-state index < -0.39 is 24.5 Å². The molecule has 92 valence electrons. The standard InChI is InChI=1S/C11H12BrNO4/c1-6-4-7(2-3-8(6)12)10(15)13-9(5-14)11(16)17/h2-4,9,14H,5H2,1H3,(H,13,15)(H,16,17)/t9-/m1/s1. The first kappa shape index (κ1) is 13.7. The van der Waals surface area contributed by atoms with Gasteiger partial charge in [0, 0.05) is 10.0 Å². The summed E-state index contributed by atoms with van der Waals surface area (Å²) in [4.78, 5) is 22.3. The first-order valence-electron chi connectivity index (χ1n) is 4.86. The number of nitrogens with one attached hydrogen (secondary N) is 1. The number of carbonyl (C=O) groups is 2. The average molecular weight is 302 g/mol. The van der Waals surface area contributed by atoms with Gasteiger partial charge >= 0.3 is 5.97 Å². The van der Waals surface area contributed by atoms with E-state index in [1.54, 1.807) is 18.2 Å². The summed E-state index contributed by atoms with van der Waals surface area (Å²) in [5.41, 5.74) is 1.22. The van der Waals surface area contributed by atoms with E-state index in [2.05, 4.69) is 21.2 Å². The highest BCUT2D eigenvalue weighted by Gasteiger charge is 2.19. The van der Waals surface area contributed by atoms with Crippen LogP contribution in [0, 0.1) is 6.92 Å². The van der Waals surface area contributed by atoms with E-state index in [9.17, 15) is 9.59 Å². The van der Waals surface area contributed by atoms with Gasteiger partial charge in [-0.05, 0) is 30.7 Å². The van der Waals surface area contributed by atoms with Crippen LogP contribution < -0.4 is 5.32 Å². The summed E-state index contributed by atoms with van der Waals surface area (Å²) in [6.07, 6.45) is 0. The minimum Gasteiger partial charge on any atom is -0.480 e. The Morgan fingerprint density at radius 3 is 2.59 bits per heavy atom. The van der Waals surface area contributed by atoms with Crippen molar-refractivity contribution in [3.05, 3.63) is 33.8 Å². The number of carboxylic acids is 1. The van der Waals surface area contributed by atoms with Gasteiger partial charge in [-0.15, -0.1) is 0 Å². The summed E-state index contributed by atoms with van der Waals surface area (Å²) in [5.74, 6) is -1.79. The van der Waals surface area contributed by atoms with Crippen LogP contribution >= 0.6 is 15.9 Å². The molecule has 5 nitrogen and oxygen atoms in total. The minimum atomic E-state index is -1.29. The Morgan fingerprint density at radius 1 is 1.47 bits per heavy atom. The second-order valence-corrected chi connectivity index (χ2v) is 4.37. The van der Waals surface area contributed by atoms with E-state index in [1.165, 1.54) is 0 Å². The molecule has 0 fully saturated rings. The number of aryl methyl sites for hydroxylation is 1. The fourth-order valence-corrected chi connectivity index (χ4v) is 1.46. The zero-order valence-electron chi connectivity index (χ0n) is 9.11. The molecule has 0 saturated carbocycles. The second-order valence-electron chi connectivity index (χ2n) is 3.51. The summed E-state index contributed by atoms with van der Waals surface area (Å²) in [6, 6.07) is 3.63. The number of carbonyl (C=O) groups excluding carboxylic acids is 1. The molecular weight excluding hydrogens is 290 g/mol. The van der Waals surface area contributed by atoms with E-state index in [-0.39, 0.29) is 0 Å². The van der Waals surface area contributed by atoms with Crippen molar-refractivity contribution in [1.29, 1.82) is 0 Å². The maximum absolute atomic E-state index is 11.7. The van der Waals surface area contributed by atoms with Crippen LogP contribution in [0.2, 0.25) is 0 Å². The van der Waals surface area contributed by atoms with Crippen LogP contribution in [0.1, 0.15) is 15.9 Å². The number of aliphatic carboxylic acids is 1. The van der Waals surface area contributed by atoms with Gasteiger partial charge in [0.1, 0.15) is 0 Å². The second kappa shape index (κ2) is 5.79. The molecule has 1 aromatic rings. The monoisotopic (exact) mass is 301 g/mol. The Bertz CT molecular complexity index is 447. The maximum atomic E-state index is 11.7. The zero-order valence-corrected chi connectivity index (χ0v) is 10.7. The van der Waals surface area contributed by atoms with E-state index in [1.807, 2.05) is 6.92 Å². The minimum absolute atomic E-state index is 0.352. The smallest absolute Gasteiger partial charge is 0.328 e. The van der Waals surface area contributed by atoms with Gasteiger partial charge in [0.15, 0.2) is 6.04 Å². The quantitative estimate of drug-likeness (QED) is 0.772. The van der Waals surface area contributed by atoms with Crippen LogP contribution in [-0.2, 0) is 4.79 Å². The highest BCUT2D eigenvalue weighted by molar-refractivity contribution is 9.10. The van der Waals surface area contributed by atoms with E-state index in [0.29, 0.717) is 5.56 Å². The third kappa shape index (κ3) is 3.54. The Morgan fingerprint density at radius 2 is 2.12 bits per heavy atom. The van der Waals surface area contributed by atoms with Gasteiger partial charge in [-0.3, -0.25) is 4.79 Å². The lowest BCUT2D eigenvalue weighted by atomic mass is 10.1. The van der Waals surface area contributed by atoms with Gasteiger partial charge in [-0.1, -0.05) is 15.9 Å². The van der Waals surface area contributed by atoms with Gasteiger partial charge in [0.25, 0.3) is 5.91 Å². The molecule has 3 N–H and O–H groups in total. The molecule has 0 aliphatic heterocycles. The van der Waals surface area contributed by atoms with Gasteiger partial charge in [-0.25, -0.2) is 4.79 Å². The van der Waals surface area contributed by atoms with Crippen molar-refractivity contribution in [1.82, 2.24) is 5.32 Å². The molecule has 0 radical (unpaired) electrons. The third-order valence-corrected chi connectivity index (χ3v) is 3.10. The van der Waals surface area contributed by atoms with Crippen LogP contribution in [0.4, 0.5) is 0 Å². The molecule has 6 heteroatoms. The SMILES string of the molecule is Cc1cc(C(=O)N[C@H](CO)C(=O)O)ccc1Br.